The molecule has 5 heteroatoms. The fraction of sp³-hybridized carbons (Fsp3) is 0.267. The molecular formula is C15H13F3N2. The average molecular weight is 278 g/mol. The smallest absolute Gasteiger partial charge is 0.366 e. The Morgan fingerprint density at radius 3 is 2.25 bits per heavy atom. The van der Waals surface area contributed by atoms with E-state index in [0.717, 1.165) is 18.9 Å². The first-order chi connectivity index (χ1) is 9.54. The van der Waals surface area contributed by atoms with Crippen LogP contribution in [0.3, 0.4) is 0 Å². The molecule has 0 saturated heterocycles. The SMILES string of the molecule is FC(F)(F)c1cccnc1NC1Cc2ccccc2C1. The van der Waals surface area contributed by atoms with Crippen molar-refractivity contribution in [2.45, 2.75) is 25.1 Å². The van der Waals surface area contributed by atoms with Gasteiger partial charge in [-0.3, -0.25) is 0 Å². The number of pyridine rings is 1. The molecule has 0 fully saturated rings. The molecule has 0 saturated carbocycles. The summed E-state index contributed by atoms with van der Waals surface area (Å²) < 4.78 is 38.7. The Labute approximate surface area is 114 Å². The van der Waals surface area contributed by atoms with E-state index in [9.17, 15) is 13.2 Å². The number of aromatic nitrogens is 1. The van der Waals surface area contributed by atoms with Gasteiger partial charge < -0.3 is 5.32 Å². The van der Waals surface area contributed by atoms with E-state index in [-0.39, 0.29) is 11.9 Å². The molecule has 1 aliphatic carbocycles. The summed E-state index contributed by atoms with van der Waals surface area (Å²) in [5.74, 6) is -0.0854. The number of nitrogens with zero attached hydrogens (tertiary/aromatic N) is 1. The molecule has 1 heterocycles. The number of anilines is 1. The highest BCUT2D eigenvalue weighted by Gasteiger charge is 2.35. The Kier molecular flexibility index (Phi) is 3.12. The molecule has 1 N–H and O–H groups in total. The fourth-order valence-electron chi connectivity index (χ4n) is 2.60. The van der Waals surface area contributed by atoms with Gasteiger partial charge in [-0.1, -0.05) is 24.3 Å². The minimum atomic E-state index is -4.39. The monoisotopic (exact) mass is 278 g/mol. The number of hydrogen-bond donors (Lipinski definition) is 1. The van der Waals surface area contributed by atoms with E-state index in [4.69, 9.17) is 0 Å². The zero-order valence-corrected chi connectivity index (χ0v) is 10.6. The topological polar surface area (TPSA) is 24.9 Å². The second kappa shape index (κ2) is 4.81. The number of fused-ring (bicyclic) bond motifs is 1. The van der Waals surface area contributed by atoms with Gasteiger partial charge in [0.05, 0.1) is 5.56 Å². The molecule has 0 unspecified atom stereocenters. The highest BCUT2D eigenvalue weighted by atomic mass is 19.4. The van der Waals surface area contributed by atoms with Crippen LogP contribution in [-0.2, 0) is 19.0 Å². The second-order valence-electron chi connectivity index (χ2n) is 4.92. The number of nitrogens with one attached hydrogen (secondary N) is 1. The molecule has 2 aromatic rings. The first kappa shape index (κ1) is 13.0. The van der Waals surface area contributed by atoms with Crippen molar-refractivity contribution in [3.8, 4) is 0 Å². The molecule has 0 atom stereocenters. The maximum absolute atomic E-state index is 12.9. The van der Waals surface area contributed by atoms with Gasteiger partial charge in [-0.2, -0.15) is 13.2 Å². The summed E-state index contributed by atoms with van der Waals surface area (Å²) in [7, 11) is 0. The predicted octanol–water partition coefficient (Wildman–Crippen LogP) is 3.68. The minimum Gasteiger partial charge on any atom is -0.366 e. The van der Waals surface area contributed by atoms with Crippen molar-refractivity contribution in [2.24, 2.45) is 0 Å². The van der Waals surface area contributed by atoms with E-state index in [1.54, 1.807) is 0 Å². The molecule has 1 aromatic carbocycles. The van der Waals surface area contributed by atoms with Gasteiger partial charge in [0, 0.05) is 12.2 Å². The van der Waals surface area contributed by atoms with Crippen molar-refractivity contribution in [1.29, 1.82) is 0 Å². The van der Waals surface area contributed by atoms with E-state index >= 15 is 0 Å². The van der Waals surface area contributed by atoms with Crippen LogP contribution in [0.1, 0.15) is 16.7 Å². The maximum Gasteiger partial charge on any atom is 0.419 e. The molecule has 0 aliphatic heterocycles. The van der Waals surface area contributed by atoms with Crippen molar-refractivity contribution in [2.75, 3.05) is 5.32 Å². The molecule has 0 bridgehead atoms. The van der Waals surface area contributed by atoms with Crippen LogP contribution < -0.4 is 5.32 Å². The van der Waals surface area contributed by atoms with Crippen molar-refractivity contribution in [3.05, 3.63) is 59.3 Å². The largest absolute Gasteiger partial charge is 0.419 e. The summed E-state index contributed by atoms with van der Waals surface area (Å²) in [6.07, 6.45) is -1.56. The highest BCUT2D eigenvalue weighted by Crippen LogP contribution is 2.34. The first-order valence-corrected chi connectivity index (χ1v) is 6.39. The summed E-state index contributed by atoms with van der Waals surface area (Å²) >= 11 is 0. The Bertz CT molecular complexity index is 598. The van der Waals surface area contributed by atoms with E-state index in [1.807, 2.05) is 24.3 Å². The number of hydrogen-bond acceptors (Lipinski definition) is 2. The van der Waals surface area contributed by atoms with Crippen LogP contribution in [0.25, 0.3) is 0 Å². The Morgan fingerprint density at radius 1 is 1.00 bits per heavy atom. The van der Waals surface area contributed by atoms with Gasteiger partial charge in [0.2, 0.25) is 0 Å². The molecule has 1 aromatic heterocycles. The van der Waals surface area contributed by atoms with Crippen molar-refractivity contribution >= 4 is 5.82 Å². The van der Waals surface area contributed by atoms with Crippen LogP contribution >= 0.6 is 0 Å². The first-order valence-electron chi connectivity index (χ1n) is 6.39. The standard InChI is InChI=1S/C15H13F3N2/c16-15(17,18)13-6-3-7-19-14(13)20-12-8-10-4-1-2-5-11(10)9-12/h1-7,12H,8-9H2,(H,19,20). The number of rotatable bonds is 2. The molecule has 1 aliphatic rings. The minimum absolute atomic E-state index is 0.0385. The summed E-state index contributed by atoms with van der Waals surface area (Å²) in [5, 5.41) is 2.93. The fourth-order valence-corrected chi connectivity index (χ4v) is 2.60. The third-order valence-corrected chi connectivity index (χ3v) is 3.50. The molecule has 0 spiro atoms. The van der Waals surface area contributed by atoms with E-state index in [0.29, 0.717) is 0 Å². The summed E-state index contributed by atoms with van der Waals surface area (Å²) in [5.41, 5.74) is 1.67. The van der Waals surface area contributed by atoms with E-state index in [1.165, 1.54) is 23.4 Å². The van der Waals surface area contributed by atoms with Crippen molar-refractivity contribution in [1.82, 2.24) is 4.98 Å². The van der Waals surface area contributed by atoms with Crippen LogP contribution in [0.15, 0.2) is 42.6 Å². The number of alkyl halides is 3. The van der Waals surface area contributed by atoms with Crippen LogP contribution in [0.2, 0.25) is 0 Å². The maximum atomic E-state index is 12.9. The van der Waals surface area contributed by atoms with Gasteiger partial charge in [-0.05, 0) is 36.1 Å². The lowest BCUT2D eigenvalue weighted by atomic mass is 10.1. The molecule has 104 valence electrons. The van der Waals surface area contributed by atoms with Gasteiger partial charge in [-0.15, -0.1) is 0 Å². The zero-order valence-electron chi connectivity index (χ0n) is 10.6. The Morgan fingerprint density at radius 2 is 1.65 bits per heavy atom. The number of benzene rings is 1. The molecule has 0 radical (unpaired) electrons. The lowest BCUT2D eigenvalue weighted by molar-refractivity contribution is -0.137. The normalized spacial score (nSPS) is 15.2. The summed E-state index contributed by atoms with van der Waals surface area (Å²) in [6, 6.07) is 10.2. The molecule has 0 amide bonds. The molecule has 20 heavy (non-hydrogen) atoms. The second-order valence-corrected chi connectivity index (χ2v) is 4.92. The van der Waals surface area contributed by atoms with Crippen molar-refractivity contribution in [3.63, 3.8) is 0 Å². The molecule has 3 rings (SSSR count). The quantitative estimate of drug-likeness (QED) is 0.906. The Balaban J connectivity index is 1.81. The summed E-state index contributed by atoms with van der Waals surface area (Å²) in [4.78, 5) is 3.84. The predicted molar refractivity (Wildman–Crippen MR) is 70.5 cm³/mol. The van der Waals surface area contributed by atoms with Gasteiger partial charge in [-0.25, -0.2) is 4.98 Å². The average Bonchev–Trinajstić information content (AvgIpc) is 2.80. The van der Waals surface area contributed by atoms with Gasteiger partial charge in [0.1, 0.15) is 5.82 Å². The van der Waals surface area contributed by atoms with Gasteiger partial charge >= 0.3 is 6.18 Å². The molecular weight excluding hydrogens is 265 g/mol. The van der Waals surface area contributed by atoms with Crippen molar-refractivity contribution < 1.29 is 13.2 Å². The summed E-state index contributed by atoms with van der Waals surface area (Å²) in [6.45, 7) is 0. The van der Waals surface area contributed by atoms with E-state index in [2.05, 4.69) is 10.3 Å². The van der Waals surface area contributed by atoms with Crippen LogP contribution in [0.4, 0.5) is 19.0 Å². The number of halogens is 3. The van der Waals surface area contributed by atoms with Crippen LogP contribution in [-0.4, -0.2) is 11.0 Å². The highest BCUT2D eigenvalue weighted by molar-refractivity contribution is 5.48. The van der Waals surface area contributed by atoms with Gasteiger partial charge in [0.15, 0.2) is 0 Å². The third-order valence-electron chi connectivity index (χ3n) is 3.50. The lowest BCUT2D eigenvalue weighted by Crippen LogP contribution is -2.23. The molecule has 2 nitrogen and oxygen atoms in total. The third kappa shape index (κ3) is 2.48. The van der Waals surface area contributed by atoms with Gasteiger partial charge in [0.25, 0.3) is 0 Å². The lowest BCUT2D eigenvalue weighted by Gasteiger charge is -2.17. The van der Waals surface area contributed by atoms with Crippen LogP contribution in [0, 0.1) is 0 Å². The van der Waals surface area contributed by atoms with E-state index < -0.39 is 11.7 Å². The van der Waals surface area contributed by atoms with Crippen LogP contribution in [0.5, 0.6) is 0 Å². The zero-order chi connectivity index (χ0) is 14.2. The Hall–Kier alpha value is -2.04.